The van der Waals surface area contributed by atoms with E-state index in [9.17, 15) is 4.79 Å². The van der Waals surface area contributed by atoms with Gasteiger partial charge in [0.25, 0.3) is 0 Å². The monoisotopic (exact) mass is 414 g/mol. The van der Waals surface area contributed by atoms with Crippen molar-refractivity contribution in [3.05, 3.63) is 47.0 Å². The smallest absolute Gasteiger partial charge is 0.205 e. The number of ketones is 1. The SMILES string of the molecule is CC(C1=C=CC(=O)C(C)(OCCOc2ccccc2)S1)C(C)C1CCCCCC1. The topological polar surface area (TPSA) is 35.5 Å². The Morgan fingerprint density at radius 2 is 1.79 bits per heavy atom. The lowest BCUT2D eigenvalue weighted by molar-refractivity contribution is -0.128. The molecule has 1 saturated carbocycles. The van der Waals surface area contributed by atoms with Gasteiger partial charge >= 0.3 is 0 Å². The van der Waals surface area contributed by atoms with Crippen molar-refractivity contribution in [1.29, 1.82) is 0 Å². The van der Waals surface area contributed by atoms with E-state index < -0.39 is 4.93 Å². The predicted octanol–water partition coefficient (Wildman–Crippen LogP) is 6.40. The van der Waals surface area contributed by atoms with Gasteiger partial charge in [0.15, 0.2) is 4.93 Å². The molecule has 0 saturated heterocycles. The fourth-order valence-corrected chi connectivity index (χ4v) is 5.52. The van der Waals surface area contributed by atoms with Gasteiger partial charge in [-0.15, -0.1) is 5.73 Å². The molecule has 3 rings (SSSR count). The van der Waals surface area contributed by atoms with Gasteiger partial charge < -0.3 is 9.47 Å². The lowest BCUT2D eigenvalue weighted by atomic mass is 9.79. The summed E-state index contributed by atoms with van der Waals surface area (Å²) < 4.78 is 11.7. The van der Waals surface area contributed by atoms with Crippen LogP contribution in [0.5, 0.6) is 5.75 Å². The number of thioether (sulfide) groups is 1. The molecule has 0 spiro atoms. The molecule has 1 aromatic rings. The zero-order chi connectivity index (χ0) is 20.7. The zero-order valence-corrected chi connectivity index (χ0v) is 18.8. The van der Waals surface area contributed by atoms with Crippen LogP contribution in [0, 0.1) is 17.8 Å². The van der Waals surface area contributed by atoms with Crippen LogP contribution in [-0.4, -0.2) is 23.9 Å². The summed E-state index contributed by atoms with van der Waals surface area (Å²) in [5.41, 5.74) is 3.27. The highest BCUT2D eigenvalue weighted by Crippen LogP contribution is 2.44. The van der Waals surface area contributed by atoms with E-state index in [2.05, 4.69) is 19.6 Å². The zero-order valence-electron chi connectivity index (χ0n) is 18.0. The van der Waals surface area contributed by atoms with Crippen molar-refractivity contribution in [2.75, 3.05) is 13.2 Å². The summed E-state index contributed by atoms with van der Waals surface area (Å²) in [6.45, 7) is 7.33. The lowest BCUT2D eigenvalue weighted by Crippen LogP contribution is -2.37. The highest BCUT2D eigenvalue weighted by atomic mass is 32.2. The summed E-state index contributed by atoms with van der Waals surface area (Å²) in [4.78, 5) is 12.8. The van der Waals surface area contributed by atoms with Crippen molar-refractivity contribution < 1.29 is 14.3 Å². The maximum atomic E-state index is 12.5. The minimum absolute atomic E-state index is 0.0275. The van der Waals surface area contributed by atoms with E-state index in [0.717, 1.165) is 16.6 Å². The number of ether oxygens (including phenoxy) is 2. The molecule has 158 valence electrons. The minimum atomic E-state index is -0.891. The molecule has 0 radical (unpaired) electrons. The molecule has 1 aliphatic carbocycles. The summed E-state index contributed by atoms with van der Waals surface area (Å²) in [7, 11) is 0. The minimum Gasteiger partial charge on any atom is -0.491 e. The first-order chi connectivity index (χ1) is 14.0. The Kier molecular flexibility index (Phi) is 8.06. The van der Waals surface area contributed by atoms with Crippen molar-refractivity contribution in [2.24, 2.45) is 17.8 Å². The second-order valence-electron chi connectivity index (χ2n) is 8.47. The molecule has 29 heavy (non-hydrogen) atoms. The third kappa shape index (κ3) is 6.01. The van der Waals surface area contributed by atoms with Crippen molar-refractivity contribution in [2.45, 2.75) is 64.2 Å². The van der Waals surface area contributed by atoms with Gasteiger partial charge in [-0.05, 0) is 36.8 Å². The van der Waals surface area contributed by atoms with Crippen molar-refractivity contribution in [3.63, 3.8) is 0 Å². The number of para-hydroxylation sites is 1. The molecule has 0 bridgehead atoms. The standard InChI is InChI=1S/C25H34O3S/c1-19(21-11-7-4-5-8-12-21)20(2)23-15-16-24(26)25(3,29-23)28-18-17-27-22-13-9-6-10-14-22/h6,9-10,13-14,16,19-21H,4-5,7-8,11-12,17-18H2,1-3H3. The van der Waals surface area contributed by atoms with E-state index in [0.29, 0.717) is 25.0 Å². The Morgan fingerprint density at radius 1 is 1.10 bits per heavy atom. The van der Waals surface area contributed by atoms with Crippen LogP contribution in [-0.2, 0) is 9.53 Å². The second-order valence-corrected chi connectivity index (χ2v) is 9.90. The van der Waals surface area contributed by atoms with Crippen LogP contribution in [0.25, 0.3) is 0 Å². The van der Waals surface area contributed by atoms with E-state index in [4.69, 9.17) is 9.47 Å². The molecular formula is C25H34O3S. The fourth-order valence-electron chi connectivity index (χ4n) is 4.28. The summed E-state index contributed by atoms with van der Waals surface area (Å²) in [6.07, 6.45) is 9.70. The molecule has 3 unspecified atom stereocenters. The quantitative estimate of drug-likeness (QED) is 0.280. The average Bonchev–Trinajstić information content (AvgIpc) is 3.03. The third-order valence-corrected chi connectivity index (χ3v) is 7.83. The first-order valence-electron chi connectivity index (χ1n) is 11.0. The maximum Gasteiger partial charge on any atom is 0.205 e. The molecule has 4 heteroatoms. The van der Waals surface area contributed by atoms with Gasteiger partial charge in [-0.3, -0.25) is 4.79 Å². The van der Waals surface area contributed by atoms with E-state index in [-0.39, 0.29) is 5.78 Å². The van der Waals surface area contributed by atoms with Crippen molar-refractivity contribution >= 4 is 17.5 Å². The predicted molar refractivity (Wildman–Crippen MR) is 120 cm³/mol. The van der Waals surface area contributed by atoms with Crippen LogP contribution in [0.2, 0.25) is 0 Å². The van der Waals surface area contributed by atoms with Gasteiger partial charge in [0.2, 0.25) is 5.78 Å². The summed E-state index contributed by atoms with van der Waals surface area (Å²) in [5, 5.41) is 0. The molecule has 0 amide bonds. The Labute approximate surface area is 179 Å². The van der Waals surface area contributed by atoms with Crippen LogP contribution in [0.15, 0.2) is 47.0 Å². The van der Waals surface area contributed by atoms with Crippen LogP contribution in [0.4, 0.5) is 0 Å². The summed E-state index contributed by atoms with van der Waals surface area (Å²) in [6, 6.07) is 9.68. The first-order valence-corrected chi connectivity index (χ1v) is 11.8. The van der Waals surface area contributed by atoms with E-state index in [1.54, 1.807) is 17.8 Å². The Morgan fingerprint density at radius 3 is 2.48 bits per heavy atom. The Bertz CT molecular complexity index is 730. The molecule has 1 fully saturated rings. The molecule has 1 heterocycles. The largest absolute Gasteiger partial charge is 0.491 e. The van der Waals surface area contributed by atoms with E-state index in [1.807, 2.05) is 37.3 Å². The Hall–Kier alpha value is -1.48. The maximum absolute atomic E-state index is 12.5. The van der Waals surface area contributed by atoms with Crippen LogP contribution >= 0.6 is 11.8 Å². The summed E-state index contributed by atoms with van der Waals surface area (Å²) in [5.74, 6) is 2.54. The van der Waals surface area contributed by atoms with Crippen LogP contribution in [0.3, 0.4) is 0 Å². The molecular weight excluding hydrogens is 380 g/mol. The number of carbonyl (C=O) groups excluding carboxylic acids is 1. The van der Waals surface area contributed by atoms with Gasteiger partial charge in [-0.1, -0.05) is 82.3 Å². The third-order valence-electron chi connectivity index (χ3n) is 6.42. The highest BCUT2D eigenvalue weighted by molar-refractivity contribution is 8.05. The number of hydrogen-bond donors (Lipinski definition) is 0. The summed E-state index contributed by atoms with van der Waals surface area (Å²) >= 11 is 1.54. The lowest BCUT2D eigenvalue weighted by Gasteiger charge is -2.34. The number of hydrogen-bond acceptors (Lipinski definition) is 4. The molecule has 1 aromatic carbocycles. The number of benzene rings is 1. The number of rotatable bonds is 8. The van der Waals surface area contributed by atoms with E-state index >= 15 is 0 Å². The van der Waals surface area contributed by atoms with Gasteiger partial charge in [-0.25, -0.2) is 0 Å². The molecule has 0 N–H and O–H groups in total. The van der Waals surface area contributed by atoms with Gasteiger partial charge in [-0.2, -0.15) is 0 Å². The second kappa shape index (κ2) is 10.5. The highest BCUT2D eigenvalue weighted by Gasteiger charge is 2.39. The molecule has 3 nitrogen and oxygen atoms in total. The molecule has 3 atom stereocenters. The first kappa shape index (κ1) is 22.2. The van der Waals surface area contributed by atoms with E-state index in [1.165, 1.54) is 38.5 Å². The molecule has 1 aliphatic heterocycles. The van der Waals surface area contributed by atoms with Gasteiger partial charge in [0.05, 0.1) is 6.61 Å². The fraction of sp³-hybridized carbons (Fsp3) is 0.600. The Balaban J connectivity index is 1.55. The average molecular weight is 415 g/mol. The molecule has 2 aliphatic rings. The molecule has 0 aromatic heterocycles. The van der Waals surface area contributed by atoms with Crippen LogP contribution < -0.4 is 4.74 Å². The van der Waals surface area contributed by atoms with Gasteiger partial charge in [0, 0.05) is 11.0 Å². The van der Waals surface area contributed by atoms with Crippen LogP contribution in [0.1, 0.15) is 59.3 Å². The number of carbonyl (C=O) groups is 1. The van der Waals surface area contributed by atoms with Crippen molar-refractivity contribution in [1.82, 2.24) is 0 Å². The van der Waals surface area contributed by atoms with Gasteiger partial charge in [0.1, 0.15) is 12.4 Å². The normalized spacial score (nSPS) is 25.2. The van der Waals surface area contributed by atoms with Crippen molar-refractivity contribution in [3.8, 4) is 5.75 Å².